The molecule has 0 saturated heterocycles. The van der Waals surface area contributed by atoms with Crippen LogP contribution in [-0.4, -0.2) is 0 Å². The van der Waals surface area contributed by atoms with Crippen molar-refractivity contribution in [2.75, 3.05) is 0 Å². The van der Waals surface area contributed by atoms with Gasteiger partial charge in [-0.3, -0.25) is 0 Å². The Morgan fingerprint density at radius 2 is 0.600 bits per heavy atom. The maximum Gasteiger partial charge on any atom is 4.00 e. The van der Waals surface area contributed by atoms with Crippen LogP contribution in [0.25, 0.3) is 0 Å². The normalized spacial score (nSPS) is 0. The van der Waals surface area contributed by atoms with Crippen LogP contribution in [0.3, 0.4) is 0 Å². The van der Waals surface area contributed by atoms with E-state index in [1.807, 2.05) is 0 Å². The number of rotatable bonds is 0. The molecule has 0 aromatic heterocycles. The van der Waals surface area contributed by atoms with Gasteiger partial charge in [-0.2, -0.15) is 0 Å². The molecule has 0 heterocycles. The van der Waals surface area contributed by atoms with Gasteiger partial charge in [-0.15, -0.1) is 0 Å². The van der Waals surface area contributed by atoms with Crippen molar-refractivity contribution in [3.05, 3.63) is 0 Å². The van der Waals surface area contributed by atoms with Gasteiger partial charge < -0.3 is 16.4 Å². The Bertz CT molecular complexity index is 6.85. The molecule has 0 atom stereocenters. The third-order valence-corrected chi connectivity index (χ3v) is 0. The van der Waals surface area contributed by atoms with Gasteiger partial charge in [-0.1, -0.05) is 0 Å². The quantitative estimate of drug-likeness (QED) is 0.528. The first-order valence-electron chi connectivity index (χ1n) is 0. The minimum Gasteiger partial charge on any atom is -2.00 e. The first-order valence-corrected chi connectivity index (χ1v) is 0. The van der Waals surface area contributed by atoms with Crippen LogP contribution in [0, 0.1) is 39.9 Å². The predicted molar refractivity (Wildman–Crippen MR) is 2.06 cm³/mol. The van der Waals surface area contributed by atoms with Crippen LogP contribution in [0.4, 0.5) is 0 Å². The molecule has 0 saturated carbocycles. The molecule has 3 nitrogen and oxygen atoms in total. The summed E-state index contributed by atoms with van der Waals surface area (Å²) >= 11 is 0. The fraction of sp³-hybridized carbons (Fsp3) is 0. The fourth-order valence-corrected chi connectivity index (χ4v) is 0. The largest absolute Gasteiger partial charge is 4.00 e. The molecular weight excluding hydrogens is 253 g/mol. The molecule has 5 heavy (non-hydrogen) atoms. The summed E-state index contributed by atoms with van der Waals surface area (Å²) in [5, 5.41) is 0. The van der Waals surface area contributed by atoms with Crippen molar-refractivity contribution in [1.82, 2.24) is 0 Å². The fourth-order valence-electron chi connectivity index (χ4n) is 0. The van der Waals surface area contributed by atoms with Crippen LogP contribution < -0.4 is 0 Å². The van der Waals surface area contributed by atoms with Crippen molar-refractivity contribution in [1.29, 1.82) is 0 Å². The molecule has 1 radical (unpaired) electrons. The summed E-state index contributed by atoms with van der Waals surface area (Å²) in [5.74, 6) is 0. The topological polar surface area (TPSA) is 85.5 Å². The van der Waals surface area contributed by atoms with E-state index in [1.165, 1.54) is 0 Å². The van der Waals surface area contributed by atoms with Gasteiger partial charge in [0.25, 0.3) is 0 Å². The van der Waals surface area contributed by atoms with E-state index in [2.05, 4.69) is 0 Å². The van der Waals surface area contributed by atoms with Gasteiger partial charge in [-0.25, -0.2) is 0 Å². The van der Waals surface area contributed by atoms with E-state index in [1.54, 1.807) is 0 Å². The van der Waals surface area contributed by atoms with Gasteiger partial charge in [0.15, 0.2) is 0 Å². The molecule has 29 valence electrons. The molecule has 0 fully saturated rings. The van der Waals surface area contributed by atoms with E-state index in [4.69, 9.17) is 0 Å². The number of hydrogen-bond donors (Lipinski definition) is 0. The van der Waals surface area contributed by atoms with E-state index < -0.39 is 0 Å². The summed E-state index contributed by atoms with van der Waals surface area (Å²) in [6, 6.07) is 0. The van der Waals surface area contributed by atoms with Crippen molar-refractivity contribution >= 4 is 0 Å². The molecular formula is GdO3Ti+. The van der Waals surface area contributed by atoms with Crippen LogP contribution in [0.1, 0.15) is 0 Å². The summed E-state index contributed by atoms with van der Waals surface area (Å²) in [5.41, 5.74) is 0. The Morgan fingerprint density at radius 1 is 0.600 bits per heavy atom. The van der Waals surface area contributed by atoms with Crippen molar-refractivity contribution in [3.63, 3.8) is 0 Å². The standard InChI is InChI=1S/Gd.3O.Ti/q+3;3*-2;+4. The molecule has 0 aromatic rings. The Balaban J connectivity index is 0. The Labute approximate surface area is 77.0 Å². The molecule has 0 amide bonds. The minimum atomic E-state index is 0. The second-order valence-corrected chi connectivity index (χ2v) is 0. The Morgan fingerprint density at radius 3 is 0.600 bits per heavy atom. The zero-order valence-electron chi connectivity index (χ0n) is 2.08. The monoisotopic (exact) mass is 254 g/mol. The van der Waals surface area contributed by atoms with Crippen molar-refractivity contribution in [3.8, 4) is 0 Å². The Hall–Kier alpha value is 1.92. The predicted octanol–water partition coefficient (Wildman–Crippen LogP) is -0.359. The summed E-state index contributed by atoms with van der Waals surface area (Å²) in [6.07, 6.45) is 0. The van der Waals surface area contributed by atoms with Gasteiger partial charge in [0.2, 0.25) is 0 Å². The van der Waals surface area contributed by atoms with Gasteiger partial charge in [0.05, 0.1) is 0 Å². The first kappa shape index (κ1) is 65.8. The average Bonchev–Trinajstić information content (AvgIpc) is 0. The minimum absolute atomic E-state index is 0. The third kappa shape index (κ3) is 24.7. The van der Waals surface area contributed by atoms with Crippen molar-refractivity contribution in [2.24, 2.45) is 0 Å². The van der Waals surface area contributed by atoms with Crippen LogP contribution in [0.2, 0.25) is 0 Å². The van der Waals surface area contributed by atoms with Crippen LogP contribution >= 0.6 is 0 Å². The van der Waals surface area contributed by atoms with Crippen LogP contribution in [0.5, 0.6) is 0 Å². The molecule has 0 aliphatic rings. The smallest absolute Gasteiger partial charge is 2.00 e. The summed E-state index contributed by atoms with van der Waals surface area (Å²) < 4.78 is 0. The molecule has 0 aliphatic carbocycles. The molecule has 5 heteroatoms. The summed E-state index contributed by atoms with van der Waals surface area (Å²) in [7, 11) is 0. The second kappa shape index (κ2) is 38.9. The van der Waals surface area contributed by atoms with E-state index in [-0.39, 0.29) is 78.1 Å². The van der Waals surface area contributed by atoms with Crippen molar-refractivity contribution in [2.45, 2.75) is 0 Å². The van der Waals surface area contributed by atoms with Crippen LogP contribution in [-0.2, 0) is 38.1 Å². The molecule has 0 aromatic carbocycles. The van der Waals surface area contributed by atoms with E-state index in [9.17, 15) is 0 Å². The van der Waals surface area contributed by atoms with Crippen LogP contribution in [0.15, 0.2) is 0 Å². The molecule has 0 rings (SSSR count). The first-order chi connectivity index (χ1) is 0. The molecule has 0 spiro atoms. The molecule has 0 bridgehead atoms. The maximum absolute atomic E-state index is 0. The van der Waals surface area contributed by atoms with E-state index in [0.29, 0.717) is 0 Å². The van der Waals surface area contributed by atoms with E-state index >= 15 is 0 Å². The maximum atomic E-state index is 0. The average molecular weight is 253 g/mol. The molecule has 0 N–H and O–H groups in total. The number of hydrogen-bond acceptors (Lipinski definition) is 0. The van der Waals surface area contributed by atoms with Gasteiger partial charge >= 0.3 is 61.7 Å². The summed E-state index contributed by atoms with van der Waals surface area (Å²) in [6.45, 7) is 0. The molecule has 0 aliphatic heterocycles. The zero-order valence-corrected chi connectivity index (χ0v) is 5.91. The Kier molecular flexibility index (Phi) is 512. The molecule has 0 unspecified atom stereocenters. The second-order valence-electron chi connectivity index (χ2n) is 0. The van der Waals surface area contributed by atoms with E-state index in [0.717, 1.165) is 0 Å². The van der Waals surface area contributed by atoms with Gasteiger partial charge in [0, 0.05) is 0 Å². The van der Waals surface area contributed by atoms with Crippen molar-refractivity contribution < 1.29 is 78.1 Å². The zero-order chi connectivity index (χ0) is 0. The van der Waals surface area contributed by atoms with Gasteiger partial charge in [-0.05, 0) is 0 Å². The SMILES string of the molecule is [Gd+3].[O-2].[O-2].[O-2].[Ti+4]. The third-order valence-electron chi connectivity index (χ3n) is 0. The van der Waals surface area contributed by atoms with Gasteiger partial charge in [0.1, 0.15) is 0 Å². The summed E-state index contributed by atoms with van der Waals surface area (Å²) in [4.78, 5) is 0.